The molecule has 1 aliphatic rings. The van der Waals surface area contributed by atoms with Gasteiger partial charge in [0.05, 0.1) is 0 Å². The minimum absolute atomic E-state index is 0.281. The molecular weight excluding hydrogens is 146 g/mol. The molecule has 0 aromatic rings. The van der Waals surface area contributed by atoms with Gasteiger partial charge in [0.15, 0.2) is 0 Å². The van der Waals surface area contributed by atoms with E-state index in [0.29, 0.717) is 0 Å². The van der Waals surface area contributed by atoms with Crippen LogP contribution in [0.2, 0.25) is 0 Å². The summed E-state index contributed by atoms with van der Waals surface area (Å²) in [5, 5.41) is 3.56. The molecule has 0 amide bonds. The zero-order chi connectivity index (χ0) is 9.03. The maximum Gasteiger partial charge on any atom is 0.0293 e. The van der Waals surface area contributed by atoms with Crippen molar-refractivity contribution >= 4 is 0 Å². The third-order valence-electron chi connectivity index (χ3n) is 2.57. The highest BCUT2D eigenvalue weighted by Gasteiger charge is 2.32. The van der Waals surface area contributed by atoms with Gasteiger partial charge < -0.3 is 5.32 Å². The number of hydrogen-bond acceptors (Lipinski definition) is 1. The normalized spacial score (nSPS) is 29.2. The maximum atomic E-state index is 5.38. The van der Waals surface area contributed by atoms with Crippen molar-refractivity contribution in [3.05, 3.63) is 0 Å². The Morgan fingerprint density at radius 3 is 2.75 bits per heavy atom. The molecule has 0 radical (unpaired) electrons. The van der Waals surface area contributed by atoms with Crippen LogP contribution in [0, 0.1) is 18.3 Å². The first-order valence-electron chi connectivity index (χ1n) is 4.87. The van der Waals surface area contributed by atoms with E-state index in [0.717, 1.165) is 18.9 Å². The summed E-state index contributed by atoms with van der Waals surface area (Å²) in [5.41, 5.74) is 0.281. The van der Waals surface area contributed by atoms with Crippen molar-refractivity contribution in [1.82, 2.24) is 5.32 Å². The standard InChI is InChI=1S/C11H19N/c1-4-6-11(9-10(2)3)7-5-8-12-11/h1,10,12H,5-9H2,2-3H3. The van der Waals surface area contributed by atoms with E-state index >= 15 is 0 Å². The van der Waals surface area contributed by atoms with Crippen molar-refractivity contribution in [3.63, 3.8) is 0 Å². The van der Waals surface area contributed by atoms with E-state index in [1.165, 1.54) is 19.3 Å². The lowest BCUT2D eigenvalue weighted by Crippen LogP contribution is -2.40. The van der Waals surface area contributed by atoms with E-state index < -0.39 is 0 Å². The van der Waals surface area contributed by atoms with E-state index in [4.69, 9.17) is 6.42 Å². The fourth-order valence-corrected chi connectivity index (χ4v) is 2.24. The Morgan fingerprint density at radius 2 is 2.33 bits per heavy atom. The molecule has 0 aliphatic carbocycles. The van der Waals surface area contributed by atoms with Crippen molar-refractivity contribution in [3.8, 4) is 12.3 Å². The van der Waals surface area contributed by atoms with Crippen LogP contribution < -0.4 is 5.32 Å². The monoisotopic (exact) mass is 165 g/mol. The highest BCUT2D eigenvalue weighted by Crippen LogP contribution is 2.29. The SMILES string of the molecule is C#CCC1(CC(C)C)CCCN1. The lowest BCUT2D eigenvalue weighted by Gasteiger charge is -2.29. The van der Waals surface area contributed by atoms with Gasteiger partial charge in [-0.2, -0.15) is 0 Å². The Kier molecular flexibility index (Phi) is 3.17. The fourth-order valence-electron chi connectivity index (χ4n) is 2.24. The van der Waals surface area contributed by atoms with Crippen LogP contribution in [0.4, 0.5) is 0 Å². The number of hydrogen-bond donors (Lipinski definition) is 1. The van der Waals surface area contributed by atoms with Crippen molar-refractivity contribution in [2.45, 2.75) is 45.1 Å². The average molecular weight is 165 g/mol. The van der Waals surface area contributed by atoms with Crippen LogP contribution >= 0.6 is 0 Å². The molecule has 0 bridgehead atoms. The first-order valence-corrected chi connectivity index (χ1v) is 4.87. The van der Waals surface area contributed by atoms with Gasteiger partial charge in [0.2, 0.25) is 0 Å². The molecule has 1 nitrogen and oxygen atoms in total. The molecule has 1 heterocycles. The lowest BCUT2D eigenvalue weighted by atomic mass is 9.85. The molecule has 1 fully saturated rings. The Labute approximate surface area is 75.9 Å². The van der Waals surface area contributed by atoms with Gasteiger partial charge in [0.1, 0.15) is 0 Å². The van der Waals surface area contributed by atoms with Gasteiger partial charge in [0.25, 0.3) is 0 Å². The van der Waals surface area contributed by atoms with Crippen LogP contribution in [0.25, 0.3) is 0 Å². The van der Waals surface area contributed by atoms with Crippen LogP contribution in [0.15, 0.2) is 0 Å². The zero-order valence-corrected chi connectivity index (χ0v) is 8.19. The number of rotatable bonds is 3. The van der Waals surface area contributed by atoms with Crippen LogP contribution in [0.1, 0.15) is 39.5 Å². The molecule has 1 rings (SSSR count). The molecular formula is C11H19N. The van der Waals surface area contributed by atoms with E-state index in [1.807, 2.05) is 0 Å². The molecule has 0 spiro atoms. The molecule has 1 N–H and O–H groups in total. The number of terminal acetylenes is 1. The molecule has 12 heavy (non-hydrogen) atoms. The van der Waals surface area contributed by atoms with Gasteiger partial charge in [-0.25, -0.2) is 0 Å². The van der Waals surface area contributed by atoms with Crippen LogP contribution in [0.5, 0.6) is 0 Å². The van der Waals surface area contributed by atoms with E-state index in [1.54, 1.807) is 0 Å². The van der Waals surface area contributed by atoms with Crippen LogP contribution in [0.3, 0.4) is 0 Å². The third-order valence-corrected chi connectivity index (χ3v) is 2.57. The Morgan fingerprint density at radius 1 is 1.58 bits per heavy atom. The summed E-state index contributed by atoms with van der Waals surface area (Å²) < 4.78 is 0. The minimum atomic E-state index is 0.281. The van der Waals surface area contributed by atoms with Crippen molar-refractivity contribution < 1.29 is 0 Å². The second-order valence-electron chi connectivity index (χ2n) is 4.29. The fraction of sp³-hybridized carbons (Fsp3) is 0.818. The van der Waals surface area contributed by atoms with Gasteiger partial charge in [-0.3, -0.25) is 0 Å². The summed E-state index contributed by atoms with van der Waals surface area (Å²) in [6.45, 7) is 5.67. The highest BCUT2D eigenvalue weighted by atomic mass is 15.0. The number of nitrogens with one attached hydrogen (secondary N) is 1. The Bertz CT molecular complexity index is 170. The molecule has 68 valence electrons. The van der Waals surface area contributed by atoms with Crippen molar-refractivity contribution in [1.29, 1.82) is 0 Å². The van der Waals surface area contributed by atoms with Gasteiger partial charge in [-0.1, -0.05) is 13.8 Å². The predicted octanol–water partition coefficient (Wildman–Crippen LogP) is 2.18. The van der Waals surface area contributed by atoms with E-state index in [2.05, 4.69) is 25.1 Å². The summed E-state index contributed by atoms with van der Waals surface area (Å²) in [7, 11) is 0. The second-order valence-corrected chi connectivity index (χ2v) is 4.29. The lowest BCUT2D eigenvalue weighted by molar-refractivity contribution is 0.310. The van der Waals surface area contributed by atoms with Crippen LogP contribution in [-0.2, 0) is 0 Å². The second kappa shape index (κ2) is 3.96. The van der Waals surface area contributed by atoms with Gasteiger partial charge in [-0.05, 0) is 31.7 Å². The maximum absolute atomic E-state index is 5.38. The average Bonchev–Trinajstić information content (AvgIpc) is 2.36. The molecule has 0 aromatic heterocycles. The van der Waals surface area contributed by atoms with Crippen molar-refractivity contribution in [2.24, 2.45) is 5.92 Å². The largest absolute Gasteiger partial charge is 0.310 e. The Balaban J connectivity index is 2.53. The summed E-state index contributed by atoms with van der Waals surface area (Å²) in [5.74, 6) is 3.53. The smallest absolute Gasteiger partial charge is 0.0293 e. The summed E-state index contributed by atoms with van der Waals surface area (Å²) >= 11 is 0. The predicted molar refractivity (Wildman–Crippen MR) is 52.9 cm³/mol. The topological polar surface area (TPSA) is 12.0 Å². The summed E-state index contributed by atoms with van der Waals surface area (Å²) in [6, 6.07) is 0. The molecule has 1 unspecified atom stereocenters. The quantitative estimate of drug-likeness (QED) is 0.632. The first kappa shape index (κ1) is 9.61. The van der Waals surface area contributed by atoms with Gasteiger partial charge in [0, 0.05) is 12.0 Å². The molecule has 1 saturated heterocycles. The summed E-state index contributed by atoms with van der Waals surface area (Å²) in [6.07, 6.45) is 10.0. The minimum Gasteiger partial charge on any atom is -0.310 e. The van der Waals surface area contributed by atoms with E-state index in [-0.39, 0.29) is 5.54 Å². The first-order chi connectivity index (χ1) is 5.68. The summed E-state index contributed by atoms with van der Waals surface area (Å²) in [4.78, 5) is 0. The van der Waals surface area contributed by atoms with Crippen LogP contribution in [-0.4, -0.2) is 12.1 Å². The Hall–Kier alpha value is -0.480. The third kappa shape index (κ3) is 2.25. The molecule has 0 aromatic carbocycles. The molecule has 1 aliphatic heterocycles. The zero-order valence-electron chi connectivity index (χ0n) is 8.19. The van der Waals surface area contributed by atoms with Gasteiger partial charge >= 0.3 is 0 Å². The highest BCUT2D eigenvalue weighted by molar-refractivity contribution is 5.03. The molecule has 1 atom stereocenters. The van der Waals surface area contributed by atoms with Gasteiger partial charge in [-0.15, -0.1) is 12.3 Å². The van der Waals surface area contributed by atoms with E-state index in [9.17, 15) is 0 Å². The molecule has 1 heteroatoms. The van der Waals surface area contributed by atoms with Crippen molar-refractivity contribution in [2.75, 3.05) is 6.54 Å². The molecule has 0 saturated carbocycles.